The average Bonchev–Trinajstić information content (AvgIpc) is 2.56. The monoisotopic (exact) mass is 227 g/mol. The molecule has 1 N–H and O–H groups in total. The van der Waals surface area contributed by atoms with E-state index in [0.29, 0.717) is 13.0 Å². The molecule has 0 bridgehead atoms. The zero-order chi connectivity index (χ0) is 12.5. The summed E-state index contributed by atoms with van der Waals surface area (Å²) in [4.78, 5) is 13.2. The Morgan fingerprint density at radius 2 is 2.29 bits per heavy atom. The van der Waals surface area contributed by atoms with Crippen molar-refractivity contribution in [1.82, 2.24) is 4.90 Å². The highest BCUT2D eigenvalue weighted by atomic mass is 16.3. The summed E-state index contributed by atoms with van der Waals surface area (Å²) in [6, 6.07) is 7.69. The van der Waals surface area contributed by atoms with Gasteiger partial charge in [-0.25, -0.2) is 0 Å². The van der Waals surface area contributed by atoms with Crippen LogP contribution >= 0.6 is 0 Å². The van der Waals surface area contributed by atoms with Gasteiger partial charge in [0.05, 0.1) is 0 Å². The second kappa shape index (κ2) is 4.27. The lowest BCUT2D eigenvalue weighted by Gasteiger charge is -2.13. The van der Waals surface area contributed by atoms with Gasteiger partial charge in [0.1, 0.15) is 7.85 Å². The van der Waals surface area contributed by atoms with Crippen molar-refractivity contribution < 1.29 is 9.90 Å². The number of amides is 1. The van der Waals surface area contributed by atoms with Gasteiger partial charge in [0.15, 0.2) is 0 Å². The highest BCUT2D eigenvalue weighted by Gasteiger charge is 2.42. The van der Waals surface area contributed by atoms with Gasteiger partial charge >= 0.3 is 0 Å². The first-order valence-corrected chi connectivity index (χ1v) is 5.59. The predicted octanol–water partition coefficient (Wildman–Crippen LogP) is -1.11. The third-order valence-electron chi connectivity index (χ3n) is 2.94. The molecule has 0 aromatic heterocycles. The van der Waals surface area contributed by atoms with Crippen LogP contribution in [0.15, 0.2) is 24.3 Å². The van der Waals surface area contributed by atoms with Crippen molar-refractivity contribution in [3.8, 4) is 11.8 Å². The van der Waals surface area contributed by atoms with Crippen molar-refractivity contribution in [3.63, 3.8) is 0 Å². The molecule has 2 rings (SSSR count). The molecule has 1 saturated heterocycles. The van der Waals surface area contributed by atoms with Crippen LogP contribution in [-0.4, -0.2) is 43.0 Å². The van der Waals surface area contributed by atoms with Gasteiger partial charge in [-0.3, -0.25) is 4.79 Å². The molecule has 4 heteroatoms. The number of carbonyl (C=O) groups is 1. The zero-order valence-electron chi connectivity index (χ0n) is 10.0. The number of carbonyl (C=O) groups excluding carboxylic acids is 1. The van der Waals surface area contributed by atoms with Crippen LogP contribution in [0, 0.1) is 11.8 Å². The summed E-state index contributed by atoms with van der Waals surface area (Å²) in [7, 11) is 3.66. The quantitative estimate of drug-likeness (QED) is 0.451. The lowest BCUT2D eigenvalue weighted by atomic mass is 9.94. The summed E-state index contributed by atoms with van der Waals surface area (Å²) in [6.45, 7) is 0.553. The SMILES string of the molecule is Bc1cccc(C#C[C@]2(O)CCN(C)C2=O)c1. The van der Waals surface area contributed by atoms with Gasteiger partial charge in [0, 0.05) is 25.6 Å². The summed E-state index contributed by atoms with van der Waals surface area (Å²) < 4.78 is 0. The Balaban J connectivity index is 2.25. The van der Waals surface area contributed by atoms with E-state index in [1.54, 1.807) is 7.05 Å². The molecule has 0 unspecified atom stereocenters. The fourth-order valence-corrected chi connectivity index (χ4v) is 1.87. The van der Waals surface area contributed by atoms with Gasteiger partial charge in [-0.2, -0.15) is 0 Å². The largest absolute Gasteiger partial charge is 0.369 e. The minimum Gasteiger partial charge on any atom is -0.369 e. The highest BCUT2D eigenvalue weighted by molar-refractivity contribution is 6.32. The fourth-order valence-electron chi connectivity index (χ4n) is 1.87. The lowest BCUT2D eigenvalue weighted by molar-refractivity contribution is -0.137. The minimum atomic E-state index is -1.50. The van der Waals surface area contributed by atoms with E-state index in [4.69, 9.17) is 0 Å². The number of nitrogens with zero attached hydrogens (tertiary/aromatic N) is 1. The van der Waals surface area contributed by atoms with E-state index in [1.165, 1.54) is 4.90 Å². The van der Waals surface area contributed by atoms with Gasteiger partial charge in [-0.05, 0) is 6.07 Å². The van der Waals surface area contributed by atoms with Crippen molar-refractivity contribution in [1.29, 1.82) is 0 Å². The fraction of sp³-hybridized carbons (Fsp3) is 0.308. The molecule has 1 fully saturated rings. The van der Waals surface area contributed by atoms with Gasteiger partial charge < -0.3 is 10.0 Å². The Morgan fingerprint density at radius 3 is 2.88 bits per heavy atom. The van der Waals surface area contributed by atoms with Gasteiger partial charge in [-0.15, -0.1) is 0 Å². The van der Waals surface area contributed by atoms with Gasteiger partial charge in [-0.1, -0.05) is 35.5 Å². The Morgan fingerprint density at radius 1 is 1.53 bits per heavy atom. The number of aliphatic hydroxyl groups is 1. The van der Waals surface area contributed by atoms with Crippen LogP contribution in [0.4, 0.5) is 0 Å². The van der Waals surface area contributed by atoms with Crippen LogP contribution in [0.1, 0.15) is 12.0 Å². The second-order valence-electron chi connectivity index (χ2n) is 4.46. The molecule has 0 radical (unpaired) electrons. The summed E-state index contributed by atoms with van der Waals surface area (Å²) in [5.41, 5.74) is 0.429. The van der Waals surface area contributed by atoms with Crippen LogP contribution in [0.3, 0.4) is 0 Å². The zero-order valence-corrected chi connectivity index (χ0v) is 10.0. The molecule has 86 valence electrons. The Bertz CT molecular complexity index is 518. The third kappa shape index (κ3) is 2.35. The van der Waals surface area contributed by atoms with Gasteiger partial charge in [0.25, 0.3) is 5.91 Å². The van der Waals surface area contributed by atoms with E-state index < -0.39 is 5.60 Å². The normalized spacial score (nSPS) is 23.4. The maximum absolute atomic E-state index is 11.7. The number of hydrogen-bond acceptors (Lipinski definition) is 2. The molecule has 1 heterocycles. The Kier molecular flexibility index (Phi) is 2.95. The van der Waals surface area contributed by atoms with Crippen LogP contribution in [0.5, 0.6) is 0 Å². The third-order valence-corrected chi connectivity index (χ3v) is 2.94. The maximum Gasteiger partial charge on any atom is 0.267 e. The van der Waals surface area contributed by atoms with Crippen molar-refractivity contribution in [2.45, 2.75) is 12.0 Å². The molecule has 0 aliphatic carbocycles. The van der Waals surface area contributed by atoms with Crippen molar-refractivity contribution in [2.24, 2.45) is 0 Å². The van der Waals surface area contributed by atoms with E-state index >= 15 is 0 Å². The molecular weight excluding hydrogens is 213 g/mol. The summed E-state index contributed by atoms with van der Waals surface area (Å²) in [5, 5.41) is 10.1. The standard InChI is InChI=1S/C13H14BNO2/c1-15-8-7-13(17,12(15)16)6-5-10-3-2-4-11(14)9-10/h2-4,9,17H,7-8,14H2,1H3/t13-/m0/s1. The average molecular weight is 227 g/mol. The minimum absolute atomic E-state index is 0.308. The van der Waals surface area contributed by atoms with Crippen molar-refractivity contribution in [3.05, 3.63) is 29.8 Å². The molecule has 1 aliphatic rings. The highest BCUT2D eigenvalue weighted by Crippen LogP contribution is 2.20. The van der Waals surface area contributed by atoms with Crippen molar-refractivity contribution in [2.75, 3.05) is 13.6 Å². The second-order valence-corrected chi connectivity index (χ2v) is 4.46. The predicted molar refractivity (Wildman–Crippen MR) is 68.7 cm³/mol. The van der Waals surface area contributed by atoms with E-state index in [0.717, 1.165) is 11.0 Å². The first-order valence-electron chi connectivity index (χ1n) is 5.59. The van der Waals surface area contributed by atoms with Crippen LogP contribution in [-0.2, 0) is 4.79 Å². The van der Waals surface area contributed by atoms with Crippen molar-refractivity contribution >= 4 is 19.2 Å². The number of hydrogen-bond donors (Lipinski definition) is 1. The molecule has 0 spiro atoms. The Labute approximate surface area is 102 Å². The van der Waals surface area contributed by atoms with E-state index in [9.17, 15) is 9.90 Å². The molecule has 1 amide bonds. The summed E-state index contributed by atoms with van der Waals surface area (Å²) >= 11 is 0. The van der Waals surface area contributed by atoms with E-state index in [-0.39, 0.29) is 5.91 Å². The lowest BCUT2D eigenvalue weighted by Crippen LogP contribution is -2.37. The molecule has 1 atom stereocenters. The van der Waals surface area contributed by atoms with Crippen LogP contribution < -0.4 is 5.46 Å². The molecule has 1 aliphatic heterocycles. The first kappa shape index (κ1) is 11.8. The number of likely N-dealkylation sites (tertiary alicyclic amines) is 1. The molecule has 1 aromatic carbocycles. The van der Waals surface area contributed by atoms with E-state index in [2.05, 4.69) is 11.8 Å². The van der Waals surface area contributed by atoms with Gasteiger partial charge in [0.2, 0.25) is 5.60 Å². The Hall–Kier alpha value is -1.73. The maximum atomic E-state index is 11.7. The molecule has 0 saturated carbocycles. The molecule has 3 nitrogen and oxygen atoms in total. The smallest absolute Gasteiger partial charge is 0.267 e. The summed E-state index contributed by atoms with van der Waals surface area (Å²) in [6.07, 6.45) is 0.376. The van der Waals surface area contributed by atoms with Crippen LogP contribution in [0.25, 0.3) is 0 Å². The molecular formula is C13H14BNO2. The van der Waals surface area contributed by atoms with E-state index in [1.807, 2.05) is 32.1 Å². The number of benzene rings is 1. The van der Waals surface area contributed by atoms with Crippen LogP contribution in [0.2, 0.25) is 0 Å². The first-order chi connectivity index (χ1) is 8.01. The topological polar surface area (TPSA) is 40.5 Å². The number of likely N-dealkylation sites (N-methyl/N-ethyl adjacent to an activating group) is 1. The number of rotatable bonds is 0. The molecule has 1 aromatic rings. The molecule has 17 heavy (non-hydrogen) atoms. The summed E-state index contributed by atoms with van der Waals surface area (Å²) in [5.74, 6) is 5.26.